The second-order valence-electron chi connectivity index (χ2n) is 4.96. The topological polar surface area (TPSA) is 96.3 Å². The Kier molecular flexibility index (Phi) is 3.92. The fraction of sp³-hybridized carbons (Fsp3) is 0.214. The summed E-state index contributed by atoms with van der Waals surface area (Å²) >= 11 is 1.13. The lowest BCUT2D eigenvalue weighted by Crippen LogP contribution is -2.31. The van der Waals surface area contributed by atoms with E-state index in [9.17, 15) is 9.59 Å². The molecule has 0 aliphatic carbocycles. The minimum atomic E-state index is -0.294. The second-order valence-corrected chi connectivity index (χ2v) is 5.57. The van der Waals surface area contributed by atoms with Crippen LogP contribution >= 0.6 is 11.5 Å². The minimum absolute atomic E-state index is 0.0651. The molecule has 1 aromatic heterocycles. The van der Waals surface area contributed by atoms with Gasteiger partial charge in [-0.15, -0.1) is 5.10 Å². The fourth-order valence-electron chi connectivity index (χ4n) is 2.19. The Bertz CT molecular complexity index is 724. The SMILES string of the molecule is CC1CC(=O)NN=C1c1ccc(NC(=O)c2csnn2)cc1. The number of hydrogen-bond acceptors (Lipinski definition) is 6. The van der Waals surface area contributed by atoms with Crippen LogP contribution in [0.1, 0.15) is 29.4 Å². The first kappa shape index (κ1) is 14.3. The molecule has 3 rings (SSSR count). The van der Waals surface area contributed by atoms with Gasteiger partial charge in [-0.3, -0.25) is 9.59 Å². The third kappa shape index (κ3) is 3.01. The van der Waals surface area contributed by atoms with Crippen molar-refractivity contribution >= 4 is 34.7 Å². The van der Waals surface area contributed by atoms with Gasteiger partial charge in [0, 0.05) is 23.4 Å². The van der Waals surface area contributed by atoms with Crippen molar-refractivity contribution in [3.8, 4) is 0 Å². The van der Waals surface area contributed by atoms with E-state index in [2.05, 4.69) is 25.4 Å². The Balaban J connectivity index is 1.73. The van der Waals surface area contributed by atoms with Crippen LogP contribution in [0.15, 0.2) is 34.7 Å². The molecule has 2 amide bonds. The monoisotopic (exact) mass is 315 g/mol. The summed E-state index contributed by atoms with van der Waals surface area (Å²) in [6, 6.07) is 7.31. The van der Waals surface area contributed by atoms with Crippen LogP contribution < -0.4 is 10.7 Å². The number of anilines is 1. The number of benzene rings is 1. The van der Waals surface area contributed by atoms with Gasteiger partial charge >= 0.3 is 0 Å². The molecule has 0 saturated heterocycles. The lowest BCUT2D eigenvalue weighted by Gasteiger charge is -2.19. The van der Waals surface area contributed by atoms with Crippen LogP contribution in [0.5, 0.6) is 0 Å². The first-order valence-corrected chi connectivity index (χ1v) is 7.52. The molecule has 1 aliphatic heterocycles. The molecule has 2 heterocycles. The highest BCUT2D eigenvalue weighted by atomic mass is 32.1. The largest absolute Gasteiger partial charge is 0.321 e. The van der Waals surface area contributed by atoms with Gasteiger partial charge in [-0.1, -0.05) is 23.5 Å². The Hall–Kier alpha value is -2.61. The standard InChI is InChI=1S/C14H13N5O2S/c1-8-6-12(20)17-18-13(8)9-2-4-10(5-3-9)15-14(21)11-7-22-19-16-11/h2-5,7-8H,6H2,1H3,(H,15,21)(H,17,20). The average molecular weight is 315 g/mol. The van der Waals surface area contributed by atoms with Gasteiger partial charge < -0.3 is 5.32 Å². The average Bonchev–Trinajstić information content (AvgIpc) is 3.03. The van der Waals surface area contributed by atoms with Gasteiger partial charge in [-0.25, -0.2) is 5.43 Å². The highest BCUT2D eigenvalue weighted by molar-refractivity contribution is 7.03. The summed E-state index contributed by atoms with van der Waals surface area (Å²) in [5, 5.41) is 12.2. The van der Waals surface area contributed by atoms with Crippen molar-refractivity contribution < 1.29 is 9.59 Å². The van der Waals surface area contributed by atoms with E-state index in [1.54, 1.807) is 17.5 Å². The van der Waals surface area contributed by atoms with Gasteiger partial charge in [-0.2, -0.15) is 5.10 Å². The van der Waals surface area contributed by atoms with Crippen molar-refractivity contribution in [1.82, 2.24) is 15.0 Å². The fourth-order valence-corrected chi connectivity index (χ4v) is 2.62. The Morgan fingerprint density at radius 1 is 1.36 bits per heavy atom. The van der Waals surface area contributed by atoms with Gasteiger partial charge in [0.15, 0.2) is 5.69 Å². The minimum Gasteiger partial charge on any atom is -0.321 e. The second kappa shape index (κ2) is 6.02. The summed E-state index contributed by atoms with van der Waals surface area (Å²) < 4.78 is 3.66. The van der Waals surface area contributed by atoms with Crippen LogP contribution in [0.2, 0.25) is 0 Å². The Morgan fingerprint density at radius 3 is 2.77 bits per heavy atom. The number of hydrazone groups is 1. The van der Waals surface area contributed by atoms with Gasteiger partial charge in [0.25, 0.3) is 5.91 Å². The van der Waals surface area contributed by atoms with E-state index < -0.39 is 0 Å². The molecule has 2 N–H and O–H groups in total. The van der Waals surface area contributed by atoms with Crippen LogP contribution in [0, 0.1) is 5.92 Å². The molecular weight excluding hydrogens is 302 g/mol. The van der Waals surface area contributed by atoms with Crippen molar-refractivity contribution in [1.29, 1.82) is 0 Å². The van der Waals surface area contributed by atoms with Gasteiger partial charge in [0.2, 0.25) is 5.91 Å². The summed E-state index contributed by atoms with van der Waals surface area (Å²) in [5.41, 5.74) is 5.20. The molecular formula is C14H13N5O2S. The van der Waals surface area contributed by atoms with Crippen LogP contribution in [0.25, 0.3) is 0 Å². The zero-order chi connectivity index (χ0) is 15.5. The van der Waals surface area contributed by atoms with Crippen LogP contribution in [0.3, 0.4) is 0 Å². The molecule has 1 aromatic carbocycles. The zero-order valence-corrected chi connectivity index (χ0v) is 12.6. The van der Waals surface area contributed by atoms with Crippen LogP contribution in [-0.4, -0.2) is 27.1 Å². The quantitative estimate of drug-likeness (QED) is 0.900. The number of rotatable bonds is 3. The van der Waals surface area contributed by atoms with Crippen LogP contribution in [0.4, 0.5) is 5.69 Å². The van der Waals surface area contributed by atoms with E-state index in [-0.39, 0.29) is 17.7 Å². The highest BCUT2D eigenvalue weighted by Crippen LogP contribution is 2.18. The number of carbonyl (C=O) groups excluding carboxylic acids is 2. The number of nitrogens with one attached hydrogen (secondary N) is 2. The molecule has 7 nitrogen and oxygen atoms in total. The zero-order valence-electron chi connectivity index (χ0n) is 11.7. The third-order valence-corrected chi connectivity index (χ3v) is 3.80. The molecule has 1 aliphatic rings. The third-order valence-electron chi connectivity index (χ3n) is 3.29. The summed E-state index contributed by atoms with van der Waals surface area (Å²) in [4.78, 5) is 23.1. The number of nitrogens with zero attached hydrogens (tertiary/aromatic N) is 3. The predicted octanol–water partition coefficient (Wildman–Crippen LogP) is 1.65. The van der Waals surface area contributed by atoms with E-state index in [1.165, 1.54) is 0 Å². The Labute approximate surface area is 130 Å². The molecule has 2 aromatic rings. The lowest BCUT2D eigenvalue weighted by molar-refractivity contribution is -0.121. The van der Waals surface area contributed by atoms with Crippen molar-refractivity contribution in [3.05, 3.63) is 40.9 Å². The normalized spacial score (nSPS) is 17.6. The molecule has 0 saturated carbocycles. The molecule has 0 bridgehead atoms. The first-order chi connectivity index (χ1) is 10.6. The van der Waals surface area contributed by atoms with Gasteiger partial charge in [0.1, 0.15) is 0 Å². The highest BCUT2D eigenvalue weighted by Gasteiger charge is 2.21. The molecule has 0 radical (unpaired) electrons. The van der Waals surface area contributed by atoms with Gasteiger partial charge in [-0.05, 0) is 29.2 Å². The molecule has 1 unspecified atom stereocenters. The first-order valence-electron chi connectivity index (χ1n) is 6.69. The summed E-state index contributed by atoms with van der Waals surface area (Å²) in [6.07, 6.45) is 0.425. The van der Waals surface area contributed by atoms with E-state index >= 15 is 0 Å². The number of hydrogen-bond donors (Lipinski definition) is 2. The smallest absolute Gasteiger partial charge is 0.277 e. The maximum Gasteiger partial charge on any atom is 0.277 e. The molecule has 1 atom stereocenters. The summed E-state index contributed by atoms with van der Waals surface area (Å²) in [7, 11) is 0. The van der Waals surface area contributed by atoms with Crippen molar-refractivity contribution in [3.63, 3.8) is 0 Å². The maximum atomic E-state index is 11.9. The van der Waals surface area contributed by atoms with Crippen molar-refractivity contribution in [2.24, 2.45) is 11.0 Å². The molecule has 8 heteroatoms. The molecule has 112 valence electrons. The van der Waals surface area contributed by atoms with E-state index in [0.717, 1.165) is 22.8 Å². The predicted molar refractivity (Wildman–Crippen MR) is 82.8 cm³/mol. The number of amides is 2. The van der Waals surface area contributed by atoms with E-state index in [0.29, 0.717) is 17.8 Å². The maximum absolute atomic E-state index is 11.9. The number of carbonyl (C=O) groups is 2. The van der Waals surface area contributed by atoms with Crippen molar-refractivity contribution in [2.45, 2.75) is 13.3 Å². The summed E-state index contributed by atoms with van der Waals surface area (Å²) in [5.74, 6) is -0.301. The number of aromatic nitrogens is 2. The van der Waals surface area contributed by atoms with E-state index in [4.69, 9.17) is 0 Å². The Morgan fingerprint density at radius 2 is 2.14 bits per heavy atom. The van der Waals surface area contributed by atoms with E-state index in [1.807, 2.05) is 19.1 Å². The summed E-state index contributed by atoms with van der Waals surface area (Å²) in [6.45, 7) is 1.96. The molecule has 22 heavy (non-hydrogen) atoms. The van der Waals surface area contributed by atoms with Crippen molar-refractivity contribution in [2.75, 3.05) is 5.32 Å². The molecule has 0 spiro atoms. The van der Waals surface area contributed by atoms with Crippen LogP contribution in [-0.2, 0) is 4.79 Å². The molecule has 0 fully saturated rings. The lowest BCUT2D eigenvalue weighted by atomic mass is 9.94. The van der Waals surface area contributed by atoms with Gasteiger partial charge in [0.05, 0.1) is 5.71 Å².